The highest BCUT2D eigenvalue weighted by Crippen LogP contribution is 2.30. The number of carbonyl (C=O) groups excluding carboxylic acids is 2. The number of amides is 1. The first-order valence-corrected chi connectivity index (χ1v) is 10.9. The van der Waals surface area contributed by atoms with E-state index in [1.807, 2.05) is 54.0 Å². The lowest BCUT2D eigenvalue weighted by atomic mass is 10.1. The van der Waals surface area contributed by atoms with Crippen LogP contribution in [0.4, 0.5) is 5.69 Å². The van der Waals surface area contributed by atoms with Gasteiger partial charge in [-0.3, -0.25) is 9.59 Å². The van der Waals surface area contributed by atoms with E-state index in [1.165, 1.54) is 13.3 Å². The van der Waals surface area contributed by atoms with Crippen molar-refractivity contribution in [3.8, 4) is 5.88 Å². The minimum Gasteiger partial charge on any atom is -0.481 e. The van der Waals surface area contributed by atoms with Crippen LogP contribution in [0.25, 0.3) is 10.9 Å². The summed E-state index contributed by atoms with van der Waals surface area (Å²) in [4.78, 5) is 30.1. The van der Waals surface area contributed by atoms with Crippen LogP contribution in [0.3, 0.4) is 0 Å². The number of hydrogen-bond acceptors (Lipinski definition) is 4. The van der Waals surface area contributed by atoms with Gasteiger partial charge in [-0.05, 0) is 48.9 Å². The number of pyridine rings is 1. The number of Topliss-reactive ketones (excluding diaryl/α,β-unsaturated/α-hetero) is 1. The maximum absolute atomic E-state index is 13.3. The van der Waals surface area contributed by atoms with E-state index in [-0.39, 0.29) is 0 Å². The molecule has 0 saturated carbocycles. The molecule has 32 heavy (non-hydrogen) atoms. The topological polar surface area (TPSA) is 73.2 Å². The minimum absolute atomic E-state index is 0.343. The van der Waals surface area contributed by atoms with Crippen molar-refractivity contribution in [1.82, 2.24) is 9.55 Å². The molecule has 0 radical (unpaired) electrons. The molecule has 162 valence electrons. The van der Waals surface area contributed by atoms with Gasteiger partial charge >= 0.3 is 0 Å². The van der Waals surface area contributed by atoms with Gasteiger partial charge in [-0.25, -0.2) is 4.98 Å². The molecule has 4 aromatic rings. The zero-order chi connectivity index (χ0) is 22.8. The van der Waals surface area contributed by atoms with E-state index < -0.39 is 11.7 Å². The quantitative estimate of drug-likeness (QED) is 0.268. The van der Waals surface area contributed by atoms with E-state index >= 15 is 0 Å². The molecule has 2 heterocycles. The molecule has 0 aliphatic carbocycles. The van der Waals surface area contributed by atoms with Crippen molar-refractivity contribution < 1.29 is 14.3 Å². The molecule has 1 amide bonds. The van der Waals surface area contributed by atoms with Crippen LogP contribution in [0.5, 0.6) is 5.88 Å². The number of nitrogens with zero attached hydrogens (tertiary/aromatic N) is 2. The van der Waals surface area contributed by atoms with Gasteiger partial charge in [0.05, 0.1) is 12.7 Å². The molecule has 0 unspecified atom stereocenters. The predicted octanol–water partition coefficient (Wildman–Crippen LogP) is 5.64. The molecule has 2 aromatic carbocycles. The number of halogens is 2. The number of anilines is 1. The maximum atomic E-state index is 13.3. The molecule has 4 rings (SSSR count). The van der Waals surface area contributed by atoms with Crippen molar-refractivity contribution in [2.75, 3.05) is 12.4 Å². The van der Waals surface area contributed by atoms with E-state index in [0.29, 0.717) is 39.8 Å². The second-order valence-corrected chi connectivity index (χ2v) is 8.56. The van der Waals surface area contributed by atoms with Crippen molar-refractivity contribution in [2.45, 2.75) is 13.5 Å². The van der Waals surface area contributed by atoms with E-state index in [1.54, 1.807) is 12.1 Å². The molecule has 1 N–H and O–H groups in total. The van der Waals surface area contributed by atoms with Crippen molar-refractivity contribution >= 4 is 55.8 Å². The van der Waals surface area contributed by atoms with Gasteiger partial charge in [0.25, 0.3) is 11.7 Å². The third kappa shape index (κ3) is 4.40. The van der Waals surface area contributed by atoms with Crippen LogP contribution in [-0.2, 0) is 11.3 Å². The Hall–Kier alpha value is -3.16. The molecular weight excluding hydrogens is 494 g/mol. The molecule has 0 bridgehead atoms. The summed E-state index contributed by atoms with van der Waals surface area (Å²) in [6, 6.07) is 16.4. The zero-order valence-electron chi connectivity index (χ0n) is 17.4. The lowest BCUT2D eigenvalue weighted by Crippen LogP contribution is -2.23. The number of carbonyl (C=O) groups is 2. The number of benzene rings is 2. The lowest BCUT2D eigenvalue weighted by molar-refractivity contribution is -0.112. The summed E-state index contributed by atoms with van der Waals surface area (Å²) >= 11 is 9.49. The molecule has 2 aromatic heterocycles. The van der Waals surface area contributed by atoms with Crippen LogP contribution in [0.1, 0.15) is 21.6 Å². The van der Waals surface area contributed by atoms with E-state index in [9.17, 15) is 9.59 Å². The van der Waals surface area contributed by atoms with E-state index in [4.69, 9.17) is 16.3 Å². The highest BCUT2D eigenvalue weighted by molar-refractivity contribution is 9.10. The number of fused-ring (bicyclic) bond motifs is 1. The minimum atomic E-state index is -0.730. The number of aromatic nitrogens is 2. The molecule has 8 heteroatoms. The Kier molecular flexibility index (Phi) is 6.30. The summed E-state index contributed by atoms with van der Waals surface area (Å²) < 4.78 is 7.92. The number of ketones is 1. The van der Waals surface area contributed by atoms with Crippen LogP contribution in [-0.4, -0.2) is 28.4 Å². The van der Waals surface area contributed by atoms with Crippen molar-refractivity contribution in [3.63, 3.8) is 0 Å². The normalized spacial score (nSPS) is 10.9. The molecule has 6 nitrogen and oxygen atoms in total. The van der Waals surface area contributed by atoms with Gasteiger partial charge in [-0.2, -0.15) is 0 Å². The molecule has 0 saturated heterocycles. The van der Waals surface area contributed by atoms with Crippen LogP contribution in [0, 0.1) is 6.92 Å². The van der Waals surface area contributed by atoms with Gasteiger partial charge in [0, 0.05) is 50.6 Å². The third-order valence-corrected chi connectivity index (χ3v) is 5.92. The van der Waals surface area contributed by atoms with Crippen LogP contribution >= 0.6 is 27.5 Å². The van der Waals surface area contributed by atoms with Crippen LogP contribution in [0.2, 0.25) is 5.02 Å². The summed E-state index contributed by atoms with van der Waals surface area (Å²) in [6.45, 7) is 2.39. The largest absolute Gasteiger partial charge is 0.481 e. The fraction of sp³-hybridized carbons (Fsp3) is 0.125. The van der Waals surface area contributed by atoms with Gasteiger partial charge in [0.2, 0.25) is 5.88 Å². The maximum Gasteiger partial charge on any atom is 0.296 e. The second kappa shape index (κ2) is 9.14. The fourth-order valence-corrected chi connectivity index (χ4v) is 4.10. The Balaban J connectivity index is 1.73. The highest BCUT2D eigenvalue weighted by atomic mass is 79.9. The first-order chi connectivity index (χ1) is 15.4. The van der Waals surface area contributed by atoms with Gasteiger partial charge in [0.15, 0.2) is 0 Å². The average Bonchev–Trinajstić information content (AvgIpc) is 3.05. The molecular formula is C24H19BrClN3O3. The first kappa shape index (κ1) is 22.0. The number of ether oxygens (including phenoxy) is 1. The number of methoxy groups -OCH3 is 1. The van der Waals surface area contributed by atoms with Gasteiger partial charge in [-0.1, -0.05) is 39.7 Å². The zero-order valence-corrected chi connectivity index (χ0v) is 19.7. The Morgan fingerprint density at radius 1 is 1.12 bits per heavy atom. The Bertz CT molecular complexity index is 1330. The fourth-order valence-electron chi connectivity index (χ4n) is 3.62. The Morgan fingerprint density at radius 2 is 1.88 bits per heavy atom. The number of rotatable bonds is 6. The van der Waals surface area contributed by atoms with Crippen LogP contribution in [0.15, 0.2) is 65.3 Å². The van der Waals surface area contributed by atoms with Crippen molar-refractivity contribution in [2.24, 2.45) is 0 Å². The van der Waals surface area contributed by atoms with Crippen LogP contribution < -0.4 is 10.1 Å². The second-order valence-electron chi connectivity index (χ2n) is 7.20. The smallest absolute Gasteiger partial charge is 0.296 e. The number of nitrogens with one attached hydrogen (secondary N) is 1. The van der Waals surface area contributed by atoms with Crippen molar-refractivity contribution in [3.05, 3.63) is 87.1 Å². The summed E-state index contributed by atoms with van der Waals surface area (Å²) in [5, 5.41) is 4.01. The third-order valence-electron chi connectivity index (χ3n) is 5.17. The number of hydrogen-bond donors (Lipinski definition) is 1. The van der Waals surface area contributed by atoms with E-state index in [0.717, 1.165) is 15.6 Å². The van der Waals surface area contributed by atoms with Gasteiger partial charge in [-0.15, -0.1) is 0 Å². The standard InChI is InChI=1S/C24H19BrClN3O3/c1-14-22(23(30)24(31)28-18-9-10-27-21(12-18)32-2)19-11-16(25)5-8-20(19)29(14)13-15-3-6-17(26)7-4-15/h3-12H,13H2,1-2H3,(H,27,28,31). The highest BCUT2D eigenvalue weighted by Gasteiger charge is 2.25. The van der Waals surface area contributed by atoms with Gasteiger partial charge in [0.1, 0.15) is 0 Å². The SMILES string of the molecule is COc1cc(NC(=O)C(=O)c2c(C)n(Cc3ccc(Cl)cc3)c3ccc(Br)cc23)ccn1. The summed E-state index contributed by atoms with van der Waals surface area (Å²) in [5.41, 5.74) is 3.40. The van der Waals surface area contributed by atoms with E-state index in [2.05, 4.69) is 26.2 Å². The Labute approximate surface area is 198 Å². The predicted molar refractivity (Wildman–Crippen MR) is 129 cm³/mol. The van der Waals surface area contributed by atoms with Gasteiger partial charge < -0.3 is 14.6 Å². The monoisotopic (exact) mass is 511 g/mol. The summed E-state index contributed by atoms with van der Waals surface area (Å²) in [7, 11) is 1.48. The Morgan fingerprint density at radius 3 is 2.59 bits per heavy atom. The average molecular weight is 513 g/mol. The summed E-state index contributed by atoms with van der Waals surface area (Å²) in [5.74, 6) is -1.00. The molecule has 0 spiro atoms. The first-order valence-electron chi connectivity index (χ1n) is 9.76. The van der Waals surface area contributed by atoms with Crippen molar-refractivity contribution in [1.29, 1.82) is 0 Å². The summed E-state index contributed by atoms with van der Waals surface area (Å²) in [6.07, 6.45) is 1.50. The molecule has 0 fully saturated rings. The molecule has 0 aliphatic rings. The lowest BCUT2D eigenvalue weighted by Gasteiger charge is -2.09. The molecule has 0 aliphatic heterocycles. The molecule has 0 atom stereocenters.